The van der Waals surface area contributed by atoms with Crippen LogP contribution in [0.3, 0.4) is 0 Å². The maximum absolute atomic E-state index is 8.94. The van der Waals surface area contributed by atoms with Crippen molar-refractivity contribution in [2.75, 3.05) is 0 Å². The van der Waals surface area contributed by atoms with E-state index in [2.05, 4.69) is 25.1 Å². The van der Waals surface area contributed by atoms with Gasteiger partial charge in [-0.1, -0.05) is 18.2 Å². The maximum atomic E-state index is 8.94. The largest absolute Gasteiger partial charge is 0.192 e. The van der Waals surface area contributed by atoms with E-state index in [4.69, 9.17) is 5.26 Å². The predicted octanol–water partition coefficient (Wildman–Crippen LogP) is 3.60. The Labute approximate surface area is 87.3 Å². The Balaban J connectivity index is 2.57. The van der Waals surface area contributed by atoms with E-state index in [-0.39, 0.29) is 0 Å². The molecular formula is C12H9NS. The van der Waals surface area contributed by atoms with Gasteiger partial charge in [0, 0.05) is 15.3 Å². The Hall–Kier alpha value is -1.59. The molecule has 0 spiro atoms. The SMILES string of the molecule is Cc1ccc(-c2ccccc2C#N)s1. The first-order valence-corrected chi connectivity index (χ1v) is 5.19. The summed E-state index contributed by atoms with van der Waals surface area (Å²) in [6.07, 6.45) is 0. The molecule has 1 nitrogen and oxygen atoms in total. The number of nitriles is 1. The molecule has 2 aromatic rings. The van der Waals surface area contributed by atoms with Gasteiger partial charge in [-0.3, -0.25) is 0 Å². The molecule has 0 bridgehead atoms. The number of thiophene rings is 1. The molecule has 0 fully saturated rings. The second-order valence-corrected chi connectivity index (χ2v) is 4.36. The molecule has 1 heterocycles. The Kier molecular flexibility index (Phi) is 2.34. The van der Waals surface area contributed by atoms with Crippen LogP contribution in [0.15, 0.2) is 36.4 Å². The molecule has 0 amide bonds. The van der Waals surface area contributed by atoms with Crippen molar-refractivity contribution in [1.82, 2.24) is 0 Å². The molecular weight excluding hydrogens is 190 g/mol. The number of hydrogen-bond donors (Lipinski definition) is 0. The summed E-state index contributed by atoms with van der Waals surface area (Å²) in [6.45, 7) is 2.07. The number of benzene rings is 1. The highest BCUT2D eigenvalue weighted by molar-refractivity contribution is 7.15. The van der Waals surface area contributed by atoms with Gasteiger partial charge in [-0.2, -0.15) is 5.26 Å². The van der Waals surface area contributed by atoms with Crippen molar-refractivity contribution in [3.63, 3.8) is 0 Å². The van der Waals surface area contributed by atoms with Gasteiger partial charge in [-0.15, -0.1) is 11.3 Å². The molecule has 0 N–H and O–H groups in total. The van der Waals surface area contributed by atoms with Gasteiger partial charge >= 0.3 is 0 Å². The molecule has 0 radical (unpaired) electrons. The van der Waals surface area contributed by atoms with Gasteiger partial charge in [0.1, 0.15) is 0 Å². The first-order chi connectivity index (χ1) is 6.81. The molecule has 2 rings (SSSR count). The average molecular weight is 199 g/mol. The zero-order valence-corrected chi connectivity index (χ0v) is 8.64. The van der Waals surface area contributed by atoms with Crippen molar-refractivity contribution in [3.05, 3.63) is 46.8 Å². The summed E-state index contributed by atoms with van der Waals surface area (Å²) in [6, 6.07) is 14.0. The van der Waals surface area contributed by atoms with E-state index in [0.717, 1.165) is 11.1 Å². The van der Waals surface area contributed by atoms with E-state index >= 15 is 0 Å². The van der Waals surface area contributed by atoms with Gasteiger partial charge in [0.2, 0.25) is 0 Å². The first-order valence-electron chi connectivity index (χ1n) is 4.37. The van der Waals surface area contributed by atoms with Gasteiger partial charge in [0.05, 0.1) is 11.6 Å². The van der Waals surface area contributed by atoms with E-state index in [1.807, 2.05) is 24.3 Å². The van der Waals surface area contributed by atoms with Crippen LogP contribution in [0, 0.1) is 18.3 Å². The highest BCUT2D eigenvalue weighted by Crippen LogP contribution is 2.29. The Morgan fingerprint density at radius 3 is 2.57 bits per heavy atom. The van der Waals surface area contributed by atoms with Crippen LogP contribution in [0.5, 0.6) is 0 Å². The fourth-order valence-corrected chi connectivity index (χ4v) is 2.28. The minimum atomic E-state index is 0.745. The van der Waals surface area contributed by atoms with Crippen LogP contribution in [0.2, 0.25) is 0 Å². The second-order valence-electron chi connectivity index (χ2n) is 3.07. The summed E-state index contributed by atoms with van der Waals surface area (Å²) in [5, 5.41) is 8.94. The molecule has 2 heteroatoms. The van der Waals surface area contributed by atoms with E-state index in [1.165, 1.54) is 9.75 Å². The van der Waals surface area contributed by atoms with Crippen molar-refractivity contribution >= 4 is 11.3 Å². The van der Waals surface area contributed by atoms with Crippen LogP contribution in [-0.2, 0) is 0 Å². The normalized spacial score (nSPS) is 9.71. The quantitative estimate of drug-likeness (QED) is 0.688. The standard InChI is InChI=1S/C12H9NS/c1-9-6-7-12(14-9)11-5-3-2-4-10(11)8-13/h2-7H,1H3. The summed E-state index contributed by atoms with van der Waals surface area (Å²) in [5.74, 6) is 0. The minimum absolute atomic E-state index is 0.745. The number of hydrogen-bond acceptors (Lipinski definition) is 2. The molecule has 1 aromatic heterocycles. The third-order valence-electron chi connectivity index (χ3n) is 2.05. The summed E-state index contributed by atoms with van der Waals surface area (Å²) in [4.78, 5) is 2.44. The number of aryl methyl sites for hydroxylation is 1. The maximum Gasteiger partial charge on any atom is 0.0998 e. The molecule has 0 saturated heterocycles. The van der Waals surface area contributed by atoms with E-state index in [1.54, 1.807) is 11.3 Å². The molecule has 0 saturated carbocycles. The summed E-state index contributed by atoms with van der Waals surface area (Å²) in [5.41, 5.74) is 1.78. The summed E-state index contributed by atoms with van der Waals surface area (Å²) < 4.78 is 0. The van der Waals surface area contributed by atoms with E-state index in [0.29, 0.717) is 0 Å². The second kappa shape index (κ2) is 3.65. The Morgan fingerprint density at radius 2 is 1.93 bits per heavy atom. The van der Waals surface area contributed by atoms with Crippen molar-refractivity contribution in [1.29, 1.82) is 5.26 Å². The Morgan fingerprint density at radius 1 is 1.14 bits per heavy atom. The fraction of sp³-hybridized carbons (Fsp3) is 0.0833. The smallest absolute Gasteiger partial charge is 0.0998 e. The lowest BCUT2D eigenvalue weighted by molar-refractivity contribution is 1.49. The van der Waals surface area contributed by atoms with Crippen molar-refractivity contribution < 1.29 is 0 Å². The van der Waals surface area contributed by atoms with E-state index < -0.39 is 0 Å². The highest BCUT2D eigenvalue weighted by Gasteiger charge is 2.04. The Bertz CT molecular complexity index is 491. The molecule has 68 valence electrons. The van der Waals surface area contributed by atoms with Gasteiger partial charge in [0.25, 0.3) is 0 Å². The zero-order valence-electron chi connectivity index (χ0n) is 7.82. The number of rotatable bonds is 1. The fourth-order valence-electron chi connectivity index (χ4n) is 1.37. The van der Waals surface area contributed by atoms with Crippen LogP contribution in [0.1, 0.15) is 10.4 Å². The molecule has 0 unspecified atom stereocenters. The highest BCUT2D eigenvalue weighted by atomic mass is 32.1. The molecule has 1 aromatic carbocycles. The first kappa shape index (κ1) is 8.98. The summed E-state index contributed by atoms with van der Waals surface area (Å²) >= 11 is 1.72. The minimum Gasteiger partial charge on any atom is -0.192 e. The molecule has 0 atom stereocenters. The van der Waals surface area contributed by atoms with Gasteiger partial charge in [0.15, 0.2) is 0 Å². The van der Waals surface area contributed by atoms with Crippen molar-refractivity contribution in [2.45, 2.75) is 6.92 Å². The topological polar surface area (TPSA) is 23.8 Å². The van der Waals surface area contributed by atoms with Crippen molar-refractivity contribution in [2.24, 2.45) is 0 Å². The van der Waals surface area contributed by atoms with Crippen LogP contribution in [0.4, 0.5) is 0 Å². The zero-order chi connectivity index (χ0) is 9.97. The molecule has 0 aliphatic carbocycles. The third-order valence-corrected chi connectivity index (χ3v) is 3.09. The van der Waals surface area contributed by atoms with Crippen LogP contribution < -0.4 is 0 Å². The lowest BCUT2D eigenvalue weighted by Crippen LogP contribution is -1.79. The number of nitrogens with zero attached hydrogens (tertiary/aromatic N) is 1. The predicted molar refractivity (Wildman–Crippen MR) is 59.2 cm³/mol. The van der Waals surface area contributed by atoms with Crippen molar-refractivity contribution in [3.8, 4) is 16.5 Å². The monoisotopic (exact) mass is 199 g/mol. The lowest BCUT2D eigenvalue weighted by Gasteiger charge is -1.98. The molecule has 0 aliphatic heterocycles. The van der Waals surface area contributed by atoms with Gasteiger partial charge in [-0.25, -0.2) is 0 Å². The third kappa shape index (κ3) is 1.55. The molecule has 0 aliphatic rings. The van der Waals surface area contributed by atoms with E-state index in [9.17, 15) is 0 Å². The van der Waals surface area contributed by atoms with Gasteiger partial charge in [-0.05, 0) is 25.1 Å². The lowest BCUT2D eigenvalue weighted by atomic mass is 10.1. The van der Waals surface area contributed by atoms with Crippen LogP contribution in [-0.4, -0.2) is 0 Å². The van der Waals surface area contributed by atoms with Crippen LogP contribution in [0.25, 0.3) is 10.4 Å². The molecule has 14 heavy (non-hydrogen) atoms. The van der Waals surface area contributed by atoms with Crippen LogP contribution >= 0.6 is 11.3 Å². The van der Waals surface area contributed by atoms with Gasteiger partial charge < -0.3 is 0 Å². The average Bonchev–Trinajstić information content (AvgIpc) is 2.65. The summed E-state index contributed by atoms with van der Waals surface area (Å²) in [7, 11) is 0.